The van der Waals surface area contributed by atoms with Crippen molar-refractivity contribution >= 4 is 34.3 Å². The monoisotopic (exact) mass is 423 g/mol. The van der Waals surface area contributed by atoms with Gasteiger partial charge in [0.2, 0.25) is 5.78 Å². The first-order valence-electron chi connectivity index (χ1n) is 9.23. The molecule has 0 spiro atoms. The Labute approximate surface area is 177 Å². The predicted molar refractivity (Wildman–Crippen MR) is 111 cm³/mol. The molecule has 0 radical (unpaired) electrons. The largest absolute Gasteiger partial charge is 0.454 e. The van der Waals surface area contributed by atoms with Crippen LogP contribution in [0.25, 0.3) is 16.7 Å². The van der Waals surface area contributed by atoms with E-state index < -0.39 is 5.97 Å². The number of rotatable bonds is 5. The van der Waals surface area contributed by atoms with E-state index in [0.29, 0.717) is 39.1 Å². The van der Waals surface area contributed by atoms with E-state index in [1.54, 1.807) is 49.4 Å². The van der Waals surface area contributed by atoms with Crippen molar-refractivity contribution in [3.8, 4) is 5.82 Å². The SMILES string of the molecule is Cc1cc(-n2c(C)cc(C(=O)COC(=O)c3ccc4nc(Cl)ccc4c3)c2C)no1. The number of carbonyl (C=O) groups is 2. The van der Waals surface area contributed by atoms with Crippen molar-refractivity contribution < 1.29 is 18.8 Å². The minimum Gasteiger partial charge on any atom is -0.454 e. The van der Waals surface area contributed by atoms with Crippen LogP contribution in [0.3, 0.4) is 0 Å². The fraction of sp³-hybridized carbons (Fsp3) is 0.182. The third kappa shape index (κ3) is 3.71. The van der Waals surface area contributed by atoms with Crippen molar-refractivity contribution in [3.05, 3.63) is 75.9 Å². The van der Waals surface area contributed by atoms with Gasteiger partial charge in [0.05, 0.1) is 11.1 Å². The summed E-state index contributed by atoms with van der Waals surface area (Å²) in [7, 11) is 0. The van der Waals surface area contributed by atoms with Crippen LogP contribution in [0.15, 0.2) is 47.0 Å². The number of carbonyl (C=O) groups excluding carboxylic acids is 2. The van der Waals surface area contributed by atoms with Gasteiger partial charge in [0.15, 0.2) is 12.4 Å². The van der Waals surface area contributed by atoms with E-state index in [1.165, 1.54) is 0 Å². The minimum atomic E-state index is -0.582. The molecule has 0 unspecified atom stereocenters. The molecule has 152 valence electrons. The Bertz CT molecular complexity index is 1290. The highest BCUT2D eigenvalue weighted by Crippen LogP contribution is 2.22. The molecule has 0 N–H and O–H groups in total. The molecular formula is C22H18ClN3O4. The number of esters is 1. The van der Waals surface area contributed by atoms with Crippen LogP contribution in [0.5, 0.6) is 0 Å². The maximum atomic E-state index is 12.7. The van der Waals surface area contributed by atoms with Gasteiger partial charge in [-0.15, -0.1) is 0 Å². The topological polar surface area (TPSA) is 87.2 Å². The first-order chi connectivity index (χ1) is 14.3. The Kier molecular flexibility index (Phi) is 5.13. The molecule has 7 nitrogen and oxygen atoms in total. The summed E-state index contributed by atoms with van der Waals surface area (Å²) in [5.74, 6) is 0.397. The molecule has 3 aromatic heterocycles. The van der Waals surface area contributed by atoms with Crippen LogP contribution >= 0.6 is 11.6 Å². The highest BCUT2D eigenvalue weighted by atomic mass is 35.5. The van der Waals surface area contributed by atoms with Crippen LogP contribution in [-0.2, 0) is 4.74 Å². The average Bonchev–Trinajstić information content (AvgIpc) is 3.27. The Morgan fingerprint density at radius 3 is 2.63 bits per heavy atom. The Morgan fingerprint density at radius 2 is 1.90 bits per heavy atom. The maximum Gasteiger partial charge on any atom is 0.338 e. The molecule has 0 saturated carbocycles. The fourth-order valence-corrected chi connectivity index (χ4v) is 3.53. The number of hydrogen-bond donors (Lipinski definition) is 0. The normalized spacial score (nSPS) is 11.1. The van der Waals surface area contributed by atoms with Gasteiger partial charge in [-0.25, -0.2) is 9.78 Å². The van der Waals surface area contributed by atoms with E-state index in [0.717, 1.165) is 11.1 Å². The maximum absolute atomic E-state index is 12.7. The van der Waals surface area contributed by atoms with Crippen LogP contribution < -0.4 is 0 Å². The van der Waals surface area contributed by atoms with E-state index in [1.807, 2.05) is 18.4 Å². The summed E-state index contributed by atoms with van der Waals surface area (Å²) in [6.45, 7) is 5.12. The van der Waals surface area contributed by atoms with Crippen LogP contribution in [0.1, 0.15) is 37.9 Å². The molecule has 4 rings (SSSR count). The van der Waals surface area contributed by atoms with Crippen molar-refractivity contribution in [1.29, 1.82) is 0 Å². The van der Waals surface area contributed by atoms with Gasteiger partial charge in [0.25, 0.3) is 0 Å². The molecule has 3 heterocycles. The lowest BCUT2D eigenvalue weighted by Gasteiger charge is -2.07. The number of pyridine rings is 1. The van der Waals surface area contributed by atoms with Gasteiger partial charge in [-0.3, -0.25) is 9.36 Å². The van der Waals surface area contributed by atoms with E-state index in [4.69, 9.17) is 20.9 Å². The molecule has 0 aliphatic heterocycles. The summed E-state index contributed by atoms with van der Waals surface area (Å²) in [5.41, 5.74) is 3.01. The zero-order valence-corrected chi connectivity index (χ0v) is 17.4. The van der Waals surface area contributed by atoms with Crippen molar-refractivity contribution in [2.24, 2.45) is 0 Å². The van der Waals surface area contributed by atoms with E-state index in [2.05, 4.69) is 10.1 Å². The molecule has 8 heteroatoms. The molecule has 30 heavy (non-hydrogen) atoms. The minimum absolute atomic E-state index is 0.294. The third-order valence-electron chi connectivity index (χ3n) is 4.80. The average molecular weight is 424 g/mol. The van der Waals surface area contributed by atoms with Crippen molar-refractivity contribution in [2.45, 2.75) is 20.8 Å². The lowest BCUT2D eigenvalue weighted by molar-refractivity contribution is 0.0474. The molecule has 0 bridgehead atoms. The lowest BCUT2D eigenvalue weighted by Crippen LogP contribution is -2.15. The number of aromatic nitrogens is 3. The zero-order valence-electron chi connectivity index (χ0n) is 16.6. The molecule has 0 saturated heterocycles. The number of ether oxygens (including phenoxy) is 1. The quantitative estimate of drug-likeness (QED) is 0.264. The molecular weight excluding hydrogens is 406 g/mol. The number of ketones is 1. The van der Waals surface area contributed by atoms with Gasteiger partial charge in [0, 0.05) is 28.4 Å². The fourth-order valence-electron chi connectivity index (χ4n) is 3.38. The summed E-state index contributed by atoms with van der Waals surface area (Å²) >= 11 is 5.88. The van der Waals surface area contributed by atoms with Gasteiger partial charge in [-0.2, -0.15) is 0 Å². The number of nitrogens with zero attached hydrogens (tertiary/aromatic N) is 3. The van der Waals surface area contributed by atoms with Gasteiger partial charge >= 0.3 is 5.97 Å². The molecule has 0 atom stereocenters. The Hall–Kier alpha value is -3.45. The number of fused-ring (bicyclic) bond motifs is 1. The molecule has 0 fully saturated rings. The third-order valence-corrected chi connectivity index (χ3v) is 5.01. The standard InChI is InChI=1S/C22H18ClN3O4/c1-12-8-17(14(3)26(12)21-9-13(2)30-25-21)19(27)11-29-22(28)16-4-6-18-15(10-16)5-7-20(23)24-18/h4-10H,11H2,1-3H3. The van der Waals surface area contributed by atoms with Crippen LogP contribution in [-0.4, -0.2) is 33.1 Å². The lowest BCUT2D eigenvalue weighted by atomic mass is 10.1. The predicted octanol–water partition coefficient (Wildman–Crippen LogP) is 4.63. The van der Waals surface area contributed by atoms with E-state index in [9.17, 15) is 9.59 Å². The summed E-state index contributed by atoms with van der Waals surface area (Å²) in [6.07, 6.45) is 0. The highest BCUT2D eigenvalue weighted by Gasteiger charge is 2.20. The van der Waals surface area contributed by atoms with Crippen LogP contribution in [0.2, 0.25) is 5.15 Å². The van der Waals surface area contributed by atoms with Crippen molar-refractivity contribution in [2.75, 3.05) is 6.61 Å². The Morgan fingerprint density at radius 1 is 1.10 bits per heavy atom. The second kappa shape index (κ2) is 7.76. The smallest absolute Gasteiger partial charge is 0.338 e. The van der Waals surface area contributed by atoms with E-state index >= 15 is 0 Å². The summed E-state index contributed by atoms with van der Waals surface area (Å²) in [5, 5.41) is 5.14. The molecule has 0 aliphatic rings. The highest BCUT2D eigenvalue weighted by molar-refractivity contribution is 6.29. The number of Topliss-reactive ketones (excluding diaryl/α,β-unsaturated/α-hetero) is 1. The molecule has 0 amide bonds. The number of benzene rings is 1. The van der Waals surface area contributed by atoms with Crippen molar-refractivity contribution in [1.82, 2.24) is 14.7 Å². The summed E-state index contributed by atoms with van der Waals surface area (Å²) in [4.78, 5) is 29.3. The van der Waals surface area contributed by atoms with Gasteiger partial charge in [-0.05, 0) is 57.2 Å². The van der Waals surface area contributed by atoms with Gasteiger partial charge < -0.3 is 9.26 Å². The molecule has 1 aromatic carbocycles. The Balaban J connectivity index is 1.50. The second-order valence-electron chi connectivity index (χ2n) is 6.96. The van der Waals surface area contributed by atoms with Crippen molar-refractivity contribution in [3.63, 3.8) is 0 Å². The molecule has 4 aromatic rings. The van der Waals surface area contributed by atoms with Crippen LogP contribution in [0, 0.1) is 20.8 Å². The van der Waals surface area contributed by atoms with Crippen LogP contribution in [0.4, 0.5) is 0 Å². The first-order valence-corrected chi connectivity index (χ1v) is 9.60. The number of halogens is 1. The number of hydrogen-bond acceptors (Lipinski definition) is 6. The number of aryl methyl sites for hydroxylation is 2. The zero-order chi connectivity index (χ0) is 21.4. The van der Waals surface area contributed by atoms with Gasteiger partial charge in [0.1, 0.15) is 10.9 Å². The summed E-state index contributed by atoms with van der Waals surface area (Å²) < 4.78 is 12.2. The summed E-state index contributed by atoms with van der Waals surface area (Å²) in [6, 6.07) is 11.9. The van der Waals surface area contributed by atoms with E-state index in [-0.39, 0.29) is 12.4 Å². The first kappa shape index (κ1) is 19.8. The second-order valence-corrected chi connectivity index (χ2v) is 7.34. The molecule has 0 aliphatic carbocycles. The van der Waals surface area contributed by atoms with Gasteiger partial charge in [-0.1, -0.05) is 16.8 Å².